The monoisotopic (exact) mass is 266 g/mol. The van der Waals surface area contributed by atoms with Gasteiger partial charge in [-0.25, -0.2) is 4.98 Å². The van der Waals surface area contributed by atoms with Crippen LogP contribution in [-0.2, 0) is 20.9 Å². The lowest BCUT2D eigenvalue weighted by Crippen LogP contribution is -2.37. The molecular formula is C14H22N2O3. The van der Waals surface area contributed by atoms with Crippen molar-refractivity contribution in [1.29, 1.82) is 0 Å². The van der Waals surface area contributed by atoms with Crippen LogP contribution in [0.15, 0.2) is 12.4 Å². The standard InChI is InChI=1S/C14H22N2O3/c1-6-19-13(18)14(4,5)11(17)9-16-8-7-15-12(16)10(2)3/h7-8,10H,6,9H2,1-5H3. The first-order chi connectivity index (χ1) is 8.80. The van der Waals surface area contributed by atoms with Gasteiger partial charge in [-0.05, 0) is 20.8 Å². The summed E-state index contributed by atoms with van der Waals surface area (Å²) in [5.41, 5.74) is -1.13. The Labute approximate surface area is 114 Å². The normalized spacial score (nSPS) is 11.7. The molecule has 19 heavy (non-hydrogen) atoms. The molecule has 106 valence electrons. The third kappa shape index (κ3) is 3.43. The largest absolute Gasteiger partial charge is 0.465 e. The van der Waals surface area contributed by atoms with E-state index in [9.17, 15) is 9.59 Å². The summed E-state index contributed by atoms with van der Waals surface area (Å²) in [6, 6.07) is 0. The van der Waals surface area contributed by atoms with Crippen molar-refractivity contribution in [3.63, 3.8) is 0 Å². The van der Waals surface area contributed by atoms with E-state index in [1.807, 2.05) is 13.8 Å². The van der Waals surface area contributed by atoms with Gasteiger partial charge in [0.15, 0.2) is 5.78 Å². The molecule has 0 unspecified atom stereocenters. The van der Waals surface area contributed by atoms with Crippen LogP contribution in [0.3, 0.4) is 0 Å². The summed E-state index contributed by atoms with van der Waals surface area (Å²) in [7, 11) is 0. The van der Waals surface area contributed by atoms with Crippen molar-refractivity contribution in [3.8, 4) is 0 Å². The average molecular weight is 266 g/mol. The predicted molar refractivity (Wildman–Crippen MR) is 71.7 cm³/mol. The highest BCUT2D eigenvalue weighted by molar-refractivity contribution is 6.02. The SMILES string of the molecule is CCOC(=O)C(C)(C)C(=O)Cn1ccnc1C(C)C. The zero-order valence-corrected chi connectivity index (χ0v) is 12.3. The van der Waals surface area contributed by atoms with Crippen LogP contribution in [0, 0.1) is 5.41 Å². The maximum absolute atomic E-state index is 12.3. The third-order valence-corrected chi connectivity index (χ3v) is 3.06. The van der Waals surface area contributed by atoms with Crippen molar-refractivity contribution < 1.29 is 14.3 Å². The molecule has 0 atom stereocenters. The highest BCUT2D eigenvalue weighted by Crippen LogP contribution is 2.21. The number of carbonyl (C=O) groups is 2. The minimum absolute atomic E-state index is 0.138. The molecule has 0 aliphatic rings. The minimum atomic E-state index is -1.13. The van der Waals surface area contributed by atoms with E-state index >= 15 is 0 Å². The number of hydrogen-bond acceptors (Lipinski definition) is 4. The number of Topliss-reactive ketones (excluding diaryl/α,β-unsaturated/α-hetero) is 1. The topological polar surface area (TPSA) is 61.2 Å². The Hall–Kier alpha value is -1.65. The maximum atomic E-state index is 12.3. The Morgan fingerprint density at radius 2 is 2.05 bits per heavy atom. The molecule has 0 fully saturated rings. The summed E-state index contributed by atoms with van der Waals surface area (Å²) in [6.45, 7) is 9.36. The first-order valence-corrected chi connectivity index (χ1v) is 6.52. The fraction of sp³-hybridized carbons (Fsp3) is 0.643. The van der Waals surface area contributed by atoms with Gasteiger partial charge < -0.3 is 9.30 Å². The lowest BCUT2D eigenvalue weighted by Gasteiger charge is -2.21. The first kappa shape index (κ1) is 15.4. The molecule has 0 bridgehead atoms. The van der Waals surface area contributed by atoms with Crippen LogP contribution in [0.4, 0.5) is 0 Å². The van der Waals surface area contributed by atoms with Gasteiger partial charge in [0.25, 0.3) is 0 Å². The van der Waals surface area contributed by atoms with Gasteiger partial charge in [-0.1, -0.05) is 13.8 Å². The minimum Gasteiger partial charge on any atom is -0.465 e. The van der Waals surface area contributed by atoms with E-state index in [1.54, 1.807) is 37.7 Å². The van der Waals surface area contributed by atoms with E-state index in [-0.39, 0.29) is 24.9 Å². The number of hydrogen-bond donors (Lipinski definition) is 0. The molecule has 0 N–H and O–H groups in total. The molecule has 1 rings (SSSR count). The molecule has 1 aromatic rings. The first-order valence-electron chi connectivity index (χ1n) is 6.52. The molecule has 0 aromatic carbocycles. The van der Waals surface area contributed by atoms with Crippen molar-refractivity contribution in [1.82, 2.24) is 9.55 Å². The zero-order chi connectivity index (χ0) is 14.6. The molecule has 0 amide bonds. The van der Waals surface area contributed by atoms with E-state index in [1.165, 1.54) is 0 Å². The summed E-state index contributed by atoms with van der Waals surface area (Å²) in [6.07, 6.45) is 3.43. The van der Waals surface area contributed by atoms with Crippen LogP contribution in [-0.4, -0.2) is 27.9 Å². The molecular weight excluding hydrogens is 244 g/mol. The number of rotatable bonds is 6. The predicted octanol–water partition coefficient (Wildman–Crippen LogP) is 2.16. The van der Waals surface area contributed by atoms with Crippen LogP contribution in [0.5, 0.6) is 0 Å². The van der Waals surface area contributed by atoms with Crippen molar-refractivity contribution in [2.45, 2.75) is 47.1 Å². The fourth-order valence-corrected chi connectivity index (χ4v) is 1.73. The number of aromatic nitrogens is 2. The van der Waals surface area contributed by atoms with Crippen LogP contribution in [0.2, 0.25) is 0 Å². The van der Waals surface area contributed by atoms with Gasteiger partial charge in [-0.15, -0.1) is 0 Å². The Morgan fingerprint density at radius 1 is 1.42 bits per heavy atom. The Balaban J connectivity index is 2.84. The number of ketones is 1. The Kier molecular flexibility index (Phi) is 4.86. The number of carbonyl (C=O) groups excluding carboxylic acids is 2. The number of ether oxygens (including phenoxy) is 1. The fourth-order valence-electron chi connectivity index (χ4n) is 1.73. The molecule has 0 radical (unpaired) electrons. The lowest BCUT2D eigenvalue weighted by molar-refractivity contribution is -0.158. The molecule has 1 aromatic heterocycles. The zero-order valence-electron chi connectivity index (χ0n) is 12.3. The molecule has 0 spiro atoms. The van der Waals surface area contributed by atoms with Crippen LogP contribution in [0.1, 0.15) is 46.4 Å². The van der Waals surface area contributed by atoms with E-state index in [2.05, 4.69) is 4.98 Å². The van der Waals surface area contributed by atoms with Crippen LogP contribution < -0.4 is 0 Å². The number of nitrogens with zero attached hydrogens (tertiary/aromatic N) is 2. The maximum Gasteiger partial charge on any atom is 0.319 e. The van der Waals surface area contributed by atoms with Crippen molar-refractivity contribution >= 4 is 11.8 Å². The van der Waals surface area contributed by atoms with Gasteiger partial charge >= 0.3 is 5.97 Å². The molecule has 0 saturated heterocycles. The summed E-state index contributed by atoms with van der Waals surface area (Å²) >= 11 is 0. The molecule has 1 heterocycles. The highest BCUT2D eigenvalue weighted by atomic mass is 16.5. The molecule has 5 heteroatoms. The van der Waals surface area contributed by atoms with Gasteiger partial charge in [0.2, 0.25) is 0 Å². The van der Waals surface area contributed by atoms with Gasteiger partial charge in [-0.3, -0.25) is 9.59 Å². The molecule has 0 aliphatic carbocycles. The lowest BCUT2D eigenvalue weighted by atomic mass is 9.88. The van der Waals surface area contributed by atoms with Crippen LogP contribution >= 0.6 is 0 Å². The van der Waals surface area contributed by atoms with E-state index in [0.29, 0.717) is 0 Å². The van der Waals surface area contributed by atoms with E-state index in [4.69, 9.17) is 4.74 Å². The Morgan fingerprint density at radius 3 is 2.58 bits per heavy atom. The van der Waals surface area contributed by atoms with Crippen molar-refractivity contribution in [3.05, 3.63) is 18.2 Å². The molecule has 0 saturated carbocycles. The molecule has 5 nitrogen and oxygen atoms in total. The van der Waals surface area contributed by atoms with Crippen molar-refractivity contribution in [2.75, 3.05) is 6.61 Å². The third-order valence-electron chi connectivity index (χ3n) is 3.06. The average Bonchev–Trinajstić information content (AvgIpc) is 2.77. The molecule has 0 aliphatic heterocycles. The number of esters is 1. The van der Waals surface area contributed by atoms with Gasteiger partial charge in [-0.2, -0.15) is 0 Å². The summed E-state index contributed by atoms with van der Waals surface area (Å²) < 4.78 is 6.73. The number of imidazole rings is 1. The van der Waals surface area contributed by atoms with E-state index in [0.717, 1.165) is 5.82 Å². The summed E-state index contributed by atoms with van der Waals surface area (Å²) in [5.74, 6) is 0.415. The van der Waals surface area contributed by atoms with E-state index < -0.39 is 11.4 Å². The van der Waals surface area contributed by atoms with Gasteiger partial charge in [0.05, 0.1) is 13.2 Å². The smallest absolute Gasteiger partial charge is 0.319 e. The summed E-state index contributed by atoms with van der Waals surface area (Å²) in [5, 5.41) is 0. The van der Waals surface area contributed by atoms with Crippen molar-refractivity contribution in [2.24, 2.45) is 5.41 Å². The second-order valence-electron chi connectivity index (χ2n) is 5.34. The van der Waals surface area contributed by atoms with Crippen LogP contribution in [0.25, 0.3) is 0 Å². The Bertz CT molecular complexity index is 461. The quantitative estimate of drug-likeness (QED) is 0.585. The second-order valence-corrected chi connectivity index (χ2v) is 5.34. The second kappa shape index (κ2) is 5.99. The highest BCUT2D eigenvalue weighted by Gasteiger charge is 2.37. The van der Waals surface area contributed by atoms with Gasteiger partial charge in [0, 0.05) is 18.3 Å². The summed E-state index contributed by atoms with van der Waals surface area (Å²) in [4.78, 5) is 28.3. The van der Waals surface area contributed by atoms with Gasteiger partial charge in [0.1, 0.15) is 11.2 Å².